The zero-order valence-electron chi connectivity index (χ0n) is 24.2. The number of nitrogens with zero attached hydrogens (tertiary/aromatic N) is 1. The average molecular weight is 518 g/mol. The molecular formula is C34H47NO3. The van der Waals surface area contributed by atoms with Gasteiger partial charge in [0.1, 0.15) is 5.78 Å². The highest BCUT2D eigenvalue weighted by molar-refractivity contribution is 5.81. The fourth-order valence-electron chi connectivity index (χ4n) is 3.81. The number of benzene rings is 2. The maximum Gasteiger partial charge on any atom is 0.226 e. The minimum atomic E-state index is 0.191. The summed E-state index contributed by atoms with van der Waals surface area (Å²) >= 11 is 0. The van der Waals surface area contributed by atoms with Crippen LogP contribution in [0.1, 0.15) is 69.2 Å². The number of aliphatic hydroxyl groups is 1. The topological polar surface area (TPSA) is 57.6 Å². The molecule has 0 aromatic heterocycles. The molecule has 4 nitrogen and oxygen atoms in total. The van der Waals surface area contributed by atoms with Gasteiger partial charge in [-0.15, -0.1) is 0 Å². The van der Waals surface area contributed by atoms with Gasteiger partial charge in [0.2, 0.25) is 5.91 Å². The van der Waals surface area contributed by atoms with Crippen LogP contribution in [0.4, 0.5) is 0 Å². The minimum absolute atomic E-state index is 0.191. The van der Waals surface area contributed by atoms with Gasteiger partial charge in [0.05, 0.1) is 6.42 Å². The number of carbonyl (C=O) groups is 2. The summed E-state index contributed by atoms with van der Waals surface area (Å²) in [5.41, 5.74) is 5.67. The third kappa shape index (κ3) is 14.3. The van der Waals surface area contributed by atoms with Gasteiger partial charge in [0.15, 0.2) is 0 Å². The Balaban J connectivity index is 0.000000682. The molecule has 0 saturated heterocycles. The van der Waals surface area contributed by atoms with Crippen LogP contribution in [0.3, 0.4) is 0 Å². The molecule has 1 amide bonds. The molecule has 0 aliphatic rings. The van der Waals surface area contributed by atoms with E-state index in [1.54, 1.807) is 13.0 Å². The number of rotatable bonds is 12. The smallest absolute Gasteiger partial charge is 0.226 e. The van der Waals surface area contributed by atoms with E-state index in [1.165, 1.54) is 11.1 Å². The van der Waals surface area contributed by atoms with Crippen LogP contribution in [0, 0.1) is 6.92 Å². The molecule has 0 bridgehead atoms. The van der Waals surface area contributed by atoms with Gasteiger partial charge in [-0.05, 0) is 61.4 Å². The molecule has 4 heteroatoms. The van der Waals surface area contributed by atoms with Crippen molar-refractivity contribution in [1.82, 2.24) is 4.90 Å². The van der Waals surface area contributed by atoms with Gasteiger partial charge in [-0.25, -0.2) is 0 Å². The van der Waals surface area contributed by atoms with E-state index in [0.29, 0.717) is 12.8 Å². The predicted molar refractivity (Wildman–Crippen MR) is 164 cm³/mol. The summed E-state index contributed by atoms with van der Waals surface area (Å²) in [6.45, 7) is 15.3. The average Bonchev–Trinajstić information content (AvgIpc) is 2.90. The lowest BCUT2D eigenvalue weighted by atomic mass is 10.0. The Hall–Kier alpha value is -3.50. The lowest BCUT2D eigenvalue weighted by molar-refractivity contribution is -0.130. The van der Waals surface area contributed by atoms with Crippen molar-refractivity contribution < 1.29 is 14.7 Å². The standard InChI is InChI=1S/C18H18O.C15H25NO.CH4O/c1-14-7-3-4-8-16(14)11-12-17-9-5-6-10-18(17)13-15(2)19;1-5-9-14(10-6-2)13-15(17)16(11-7-3)12-8-4;1-2/h3-12H,13H2,1-2H3;5-6,9-10H,1,7-8,11-13H2,2-4H3;2H,1H3/b12-11-;10-6-,14-9+;. The number of amides is 1. The number of ketones is 1. The molecule has 2 rings (SSSR count). The molecule has 0 unspecified atom stereocenters. The van der Waals surface area contributed by atoms with Crippen LogP contribution in [0.15, 0.2) is 85.0 Å². The molecular weight excluding hydrogens is 470 g/mol. The molecule has 0 aliphatic heterocycles. The SMILES string of the molecule is C=C/C=C(\C=C/C)CC(=O)N(CCC)CCC.CC(=O)Cc1ccccc1/C=C\c1ccccc1C.CO. The Morgan fingerprint density at radius 2 is 1.47 bits per heavy atom. The van der Waals surface area contributed by atoms with Gasteiger partial charge in [-0.3, -0.25) is 9.59 Å². The second-order valence-corrected chi connectivity index (χ2v) is 8.80. The van der Waals surface area contributed by atoms with Gasteiger partial charge < -0.3 is 10.0 Å². The Bertz CT molecular complexity index is 1060. The highest BCUT2D eigenvalue weighted by Crippen LogP contribution is 2.16. The molecule has 0 atom stereocenters. The molecule has 1 N–H and O–H groups in total. The first-order valence-electron chi connectivity index (χ1n) is 13.3. The largest absolute Gasteiger partial charge is 0.400 e. The molecule has 0 heterocycles. The number of carbonyl (C=O) groups excluding carboxylic acids is 2. The fraction of sp³-hybridized carbons (Fsp3) is 0.353. The second kappa shape index (κ2) is 21.6. The number of hydrogen-bond acceptors (Lipinski definition) is 3. The van der Waals surface area contributed by atoms with Gasteiger partial charge in [0.25, 0.3) is 0 Å². The lowest BCUT2D eigenvalue weighted by Gasteiger charge is -2.21. The van der Waals surface area contributed by atoms with Crippen molar-refractivity contribution in [3.05, 3.63) is 107 Å². The number of aliphatic hydroxyl groups excluding tert-OH is 1. The van der Waals surface area contributed by atoms with Gasteiger partial charge in [-0.2, -0.15) is 0 Å². The summed E-state index contributed by atoms with van der Waals surface area (Å²) in [6.07, 6.45) is 14.7. The third-order valence-electron chi connectivity index (χ3n) is 5.53. The zero-order chi connectivity index (χ0) is 28.8. The van der Waals surface area contributed by atoms with Crippen molar-refractivity contribution >= 4 is 23.8 Å². The van der Waals surface area contributed by atoms with Crippen LogP contribution >= 0.6 is 0 Å². The van der Waals surface area contributed by atoms with E-state index < -0.39 is 0 Å². The summed E-state index contributed by atoms with van der Waals surface area (Å²) < 4.78 is 0. The van der Waals surface area contributed by atoms with Gasteiger partial charge in [-0.1, -0.05) is 105 Å². The third-order valence-corrected chi connectivity index (χ3v) is 5.53. The van der Waals surface area contributed by atoms with Gasteiger partial charge >= 0.3 is 0 Å². The Kier molecular flexibility index (Phi) is 19.6. The second-order valence-electron chi connectivity index (χ2n) is 8.80. The van der Waals surface area contributed by atoms with E-state index >= 15 is 0 Å². The van der Waals surface area contributed by atoms with Crippen molar-refractivity contribution in [3.63, 3.8) is 0 Å². The zero-order valence-corrected chi connectivity index (χ0v) is 24.2. The summed E-state index contributed by atoms with van der Waals surface area (Å²) in [6, 6.07) is 16.3. The first kappa shape index (κ1) is 34.5. The van der Waals surface area contributed by atoms with E-state index in [4.69, 9.17) is 5.11 Å². The predicted octanol–water partition coefficient (Wildman–Crippen LogP) is 7.62. The van der Waals surface area contributed by atoms with E-state index in [-0.39, 0.29) is 11.7 Å². The molecule has 206 valence electrons. The number of hydrogen-bond donors (Lipinski definition) is 1. The van der Waals surface area contributed by atoms with Crippen LogP contribution in [-0.4, -0.2) is 41.9 Å². The molecule has 0 saturated carbocycles. The normalized spacial score (nSPS) is 10.9. The molecule has 38 heavy (non-hydrogen) atoms. The monoisotopic (exact) mass is 517 g/mol. The molecule has 0 radical (unpaired) electrons. The summed E-state index contributed by atoms with van der Waals surface area (Å²) in [4.78, 5) is 25.3. The first-order chi connectivity index (χ1) is 18.4. The highest BCUT2D eigenvalue weighted by Gasteiger charge is 2.12. The molecule has 2 aromatic rings. The first-order valence-corrected chi connectivity index (χ1v) is 13.3. The fourth-order valence-corrected chi connectivity index (χ4v) is 3.81. The van der Waals surface area contributed by atoms with Crippen molar-refractivity contribution in [2.45, 2.75) is 60.3 Å². The lowest BCUT2D eigenvalue weighted by Crippen LogP contribution is -2.32. The van der Waals surface area contributed by atoms with E-state index in [1.807, 2.05) is 66.4 Å². The van der Waals surface area contributed by atoms with E-state index in [2.05, 4.69) is 51.6 Å². The minimum Gasteiger partial charge on any atom is -0.400 e. The van der Waals surface area contributed by atoms with Crippen molar-refractivity contribution in [1.29, 1.82) is 0 Å². The van der Waals surface area contributed by atoms with Crippen molar-refractivity contribution in [2.24, 2.45) is 0 Å². The molecule has 2 aromatic carbocycles. The number of aryl methyl sites for hydroxylation is 1. The summed E-state index contributed by atoms with van der Waals surface area (Å²) in [5, 5.41) is 7.00. The van der Waals surface area contributed by atoms with E-state index in [9.17, 15) is 9.59 Å². The maximum atomic E-state index is 12.1. The van der Waals surface area contributed by atoms with Crippen LogP contribution in [0.2, 0.25) is 0 Å². The Morgan fingerprint density at radius 1 is 0.921 bits per heavy atom. The number of allylic oxidation sites excluding steroid dienone is 4. The van der Waals surface area contributed by atoms with E-state index in [0.717, 1.165) is 49.7 Å². The maximum absolute atomic E-state index is 12.1. The Morgan fingerprint density at radius 3 is 2.00 bits per heavy atom. The highest BCUT2D eigenvalue weighted by atomic mass is 16.2. The van der Waals surface area contributed by atoms with Crippen LogP contribution in [0.25, 0.3) is 12.2 Å². The quantitative estimate of drug-likeness (QED) is 0.233. The number of Topliss-reactive ketones (excluding diaryl/α,β-unsaturated/α-hetero) is 1. The van der Waals surface area contributed by atoms with Crippen molar-refractivity contribution in [2.75, 3.05) is 20.2 Å². The van der Waals surface area contributed by atoms with Crippen molar-refractivity contribution in [3.8, 4) is 0 Å². The molecule has 0 spiro atoms. The van der Waals surface area contributed by atoms with Crippen LogP contribution in [-0.2, 0) is 16.0 Å². The Labute approximate surface area is 231 Å². The summed E-state index contributed by atoms with van der Waals surface area (Å²) in [5.74, 6) is 0.400. The molecule has 0 fully saturated rings. The molecule has 0 aliphatic carbocycles. The van der Waals surface area contributed by atoms with Crippen LogP contribution in [0.5, 0.6) is 0 Å². The summed E-state index contributed by atoms with van der Waals surface area (Å²) in [7, 11) is 1.00. The van der Waals surface area contributed by atoms with Crippen LogP contribution < -0.4 is 0 Å². The van der Waals surface area contributed by atoms with Gasteiger partial charge in [0, 0.05) is 26.6 Å².